The molecule has 0 unspecified atom stereocenters. The Morgan fingerprint density at radius 1 is 0.974 bits per heavy atom. The van der Waals surface area contributed by atoms with Gasteiger partial charge in [-0.3, -0.25) is 13.9 Å². The van der Waals surface area contributed by atoms with Crippen LogP contribution in [0.3, 0.4) is 0 Å². The number of likely N-dealkylation sites (N-methyl/N-ethyl adjacent to an activating group) is 1. The van der Waals surface area contributed by atoms with E-state index in [2.05, 4.69) is 5.32 Å². The summed E-state index contributed by atoms with van der Waals surface area (Å²) in [5.74, 6) is -0.208. The zero-order valence-electron chi connectivity index (χ0n) is 21.3. The molecule has 0 fully saturated rings. The van der Waals surface area contributed by atoms with E-state index in [1.165, 1.54) is 36.2 Å². The number of nitrogens with one attached hydrogen (secondary N) is 1. The summed E-state index contributed by atoms with van der Waals surface area (Å²) in [6.07, 6.45) is 0. The van der Waals surface area contributed by atoms with E-state index in [1.807, 2.05) is 0 Å². The number of ether oxygens (including phenoxy) is 2. The second kappa shape index (κ2) is 12.1. The number of hydrogen-bond donors (Lipinski definition) is 1. The summed E-state index contributed by atoms with van der Waals surface area (Å²) in [7, 11) is -2.75. The molecule has 0 aromatic heterocycles. The van der Waals surface area contributed by atoms with Gasteiger partial charge in [0.1, 0.15) is 25.8 Å². The van der Waals surface area contributed by atoms with E-state index in [0.29, 0.717) is 40.3 Å². The van der Waals surface area contributed by atoms with Crippen LogP contribution in [0.15, 0.2) is 71.6 Å². The predicted octanol–water partition coefficient (Wildman–Crippen LogP) is 4.12. The minimum Gasteiger partial charge on any atom is -0.486 e. The second-order valence-corrected chi connectivity index (χ2v) is 11.4. The molecule has 1 aliphatic rings. The Bertz CT molecular complexity index is 1470. The van der Waals surface area contributed by atoms with Gasteiger partial charge in [0.2, 0.25) is 11.8 Å². The molecule has 0 radical (unpaired) electrons. The molecular weight excluding hydrogens is 565 g/mol. The molecule has 9 nitrogen and oxygen atoms in total. The summed E-state index contributed by atoms with van der Waals surface area (Å²) in [6, 6.07) is 16.3. The van der Waals surface area contributed by atoms with Gasteiger partial charge in [-0.15, -0.1) is 0 Å². The molecule has 0 saturated heterocycles. The van der Waals surface area contributed by atoms with Gasteiger partial charge in [-0.1, -0.05) is 47.5 Å². The number of sulfonamides is 1. The number of rotatable bonds is 9. The highest BCUT2D eigenvalue weighted by Gasteiger charge is 2.33. The highest BCUT2D eigenvalue weighted by atomic mass is 35.5. The van der Waals surface area contributed by atoms with Gasteiger partial charge in [0.05, 0.1) is 10.6 Å². The standard InChI is InChI=1S/C27H27Cl2N3O6S/c1-18(27(34)30-2)31(16-19-8-9-20(28)14-23(19)29)26(33)17-32(39(35,36)22-6-4-3-5-7-22)21-10-11-24-25(15-21)38-13-12-37-24/h3-11,14-15,18H,12-13,16-17H2,1-2H3,(H,30,34)/t18-/m0/s1. The fourth-order valence-corrected chi connectivity index (χ4v) is 5.96. The van der Waals surface area contributed by atoms with Crippen molar-refractivity contribution in [2.24, 2.45) is 0 Å². The van der Waals surface area contributed by atoms with E-state index in [1.54, 1.807) is 49.4 Å². The number of fused-ring (bicyclic) bond motifs is 1. The third-order valence-electron chi connectivity index (χ3n) is 6.19. The average molecular weight is 593 g/mol. The van der Waals surface area contributed by atoms with Crippen molar-refractivity contribution in [3.05, 3.63) is 82.3 Å². The van der Waals surface area contributed by atoms with E-state index < -0.39 is 34.4 Å². The molecule has 3 aromatic rings. The van der Waals surface area contributed by atoms with Crippen molar-refractivity contribution in [1.29, 1.82) is 0 Å². The Hall–Kier alpha value is -3.47. The van der Waals surface area contributed by atoms with Crippen LogP contribution in [0.1, 0.15) is 12.5 Å². The molecule has 1 aliphatic heterocycles. The number of halogens is 2. The fourth-order valence-electron chi connectivity index (χ4n) is 4.06. The van der Waals surface area contributed by atoms with Crippen LogP contribution < -0.4 is 19.1 Å². The quantitative estimate of drug-likeness (QED) is 0.401. The Balaban J connectivity index is 1.75. The van der Waals surface area contributed by atoms with Gasteiger partial charge in [-0.05, 0) is 48.9 Å². The number of anilines is 1. The molecule has 39 heavy (non-hydrogen) atoms. The Labute approximate surface area is 237 Å². The van der Waals surface area contributed by atoms with Gasteiger partial charge in [-0.2, -0.15) is 0 Å². The lowest BCUT2D eigenvalue weighted by atomic mass is 10.1. The SMILES string of the molecule is CNC(=O)[C@H](C)N(Cc1ccc(Cl)cc1Cl)C(=O)CN(c1ccc2c(c1)OCCO2)S(=O)(=O)c1ccccc1. The first-order valence-corrected chi connectivity index (χ1v) is 14.2. The van der Waals surface area contributed by atoms with Crippen molar-refractivity contribution in [3.63, 3.8) is 0 Å². The Kier molecular flexibility index (Phi) is 8.89. The van der Waals surface area contributed by atoms with Gasteiger partial charge in [0.15, 0.2) is 11.5 Å². The Morgan fingerprint density at radius 3 is 2.33 bits per heavy atom. The molecule has 3 aromatic carbocycles. The van der Waals surface area contributed by atoms with E-state index in [-0.39, 0.29) is 17.1 Å². The predicted molar refractivity (Wildman–Crippen MR) is 149 cm³/mol. The molecule has 206 valence electrons. The van der Waals surface area contributed by atoms with Crippen LogP contribution >= 0.6 is 23.2 Å². The molecule has 0 bridgehead atoms. The summed E-state index contributed by atoms with van der Waals surface area (Å²) in [5.41, 5.74) is 0.746. The molecule has 4 rings (SSSR count). The number of carbonyl (C=O) groups is 2. The first kappa shape index (κ1) is 28.5. The van der Waals surface area contributed by atoms with Crippen LogP contribution in [-0.4, -0.2) is 58.0 Å². The van der Waals surface area contributed by atoms with Crippen molar-refractivity contribution in [3.8, 4) is 11.5 Å². The van der Waals surface area contributed by atoms with Crippen LogP contribution in [0.25, 0.3) is 0 Å². The van der Waals surface area contributed by atoms with Crippen molar-refractivity contribution in [1.82, 2.24) is 10.2 Å². The van der Waals surface area contributed by atoms with Gasteiger partial charge in [-0.25, -0.2) is 8.42 Å². The number of amides is 2. The molecular formula is C27H27Cl2N3O6S. The molecule has 1 atom stereocenters. The summed E-state index contributed by atoms with van der Waals surface area (Å²) in [6.45, 7) is 1.59. The monoisotopic (exact) mass is 591 g/mol. The Morgan fingerprint density at radius 2 is 1.67 bits per heavy atom. The van der Waals surface area contributed by atoms with Crippen molar-refractivity contribution in [2.75, 3.05) is 31.1 Å². The maximum absolute atomic E-state index is 13.9. The summed E-state index contributed by atoms with van der Waals surface area (Å²) < 4.78 is 39.9. The summed E-state index contributed by atoms with van der Waals surface area (Å²) in [5, 5.41) is 3.26. The highest BCUT2D eigenvalue weighted by Crippen LogP contribution is 2.36. The summed E-state index contributed by atoms with van der Waals surface area (Å²) in [4.78, 5) is 27.7. The van der Waals surface area contributed by atoms with Crippen LogP contribution in [0.2, 0.25) is 10.0 Å². The zero-order chi connectivity index (χ0) is 28.2. The third kappa shape index (κ3) is 6.41. The van der Waals surface area contributed by atoms with Crippen LogP contribution in [-0.2, 0) is 26.2 Å². The van der Waals surface area contributed by atoms with Crippen molar-refractivity contribution in [2.45, 2.75) is 24.4 Å². The molecule has 1 N–H and O–H groups in total. The lowest BCUT2D eigenvalue weighted by molar-refractivity contribution is -0.139. The molecule has 1 heterocycles. The third-order valence-corrected chi connectivity index (χ3v) is 8.57. The molecule has 2 amide bonds. The van der Waals surface area contributed by atoms with E-state index in [0.717, 1.165) is 4.31 Å². The van der Waals surface area contributed by atoms with Crippen LogP contribution in [0.5, 0.6) is 11.5 Å². The first-order chi connectivity index (χ1) is 18.6. The van der Waals surface area contributed by atoms with Gasteiger partial charge < -0.3 is 19.7 Å². The number of carbonyl (C=O) groups excluding carboxylic acids is 2. The number of nitrogens with zero attached hydrogens (tertiary/aromatic N) is 2. The molecule has 0 saturated carbocycles. The van der Waals surface area contributed by atoms with E-state index in [9.17, 15) is 18.0 Å². The minimum atomic E-state index is -4.20. The topological polar surface area (TPSA) is 105 Å². The van der Waals surface area contributed by atoms with E-state index in [4.69, 9.17) is 32.7 Å². The summed E-state index contributed by atoms with van der Waals surface area (Å²) >= 11 is 12.4. The number of hydrogen-bond acceptors (Lipinski definition) is 6. The van der Waals surface area contributed by atoms with Crippen LogP contribution in [0, 0.1) is 0 Å². The van der Waals surface area contributed by atoms with E-state index >= 15 is 0 Å². The van der Waals surface area contributed by atoms with Crippen molar-refractivity contribution < 1.29 is 27.5 Å². The zero-order valence-corrected chi connectivity index (χ0v) is 23.6. The molecule has 0 aliphatic carbocycles. The van der Waals surface area contributed by atoms with Crippen molar-refractivity contribution >= 4 is 50.7 Å². The molecule has 0 spiro atoms. The largest absolute Gasteiger partial charge is 0.486 e. The van der Waals surface area contributed by atoms with Crippen LogP contribution in [0.4, 0.5) is 5.69 Å². The lowest BCUT2D eigenvalue weighted by Gasteiger charge is -2.32. The van der Waals surface area contributed by atoms with Gasteiger partial charge in [0.25, 0.3) is 10.0 Å². The lowest BCUT2D eigenvalue weighted by Crippen LogP contribution is -2.50. The average Bonchev–Trinajstić information content (AvgIpc) is 2.94. The minimum absolute atomic E-state index is 0.000616. The van der Waals surface area contributed by atoms with Gasteiger partial charge in [0, 0.05) is 29.7 Å². The normalized spacial score (nSPS) is 13.3. The maximum Gasteiger partial charge on any atom is 0.264 e. The highest BCUT2D eigenvalue weighted by molar-refractivity contribution is 7.92. The second-order valence-electron chi connectivity index (χ2n) is 8.70. The molecule has 12 heteroatoms. The number of benzene rings is 3. The first-order valence-electron chi connectivity index (χ1n) is 12.0. The smallest absolute Gasteiger partial charge is 0.264 e. The maximum atomic E-state index is 13.9. The fraction of sp³-hybridized carbons (Fsp3) is 0.259. The van der Waals surface area contributed by atoms with Gasteiger partial charge >= 0.3 is 0 Å².